The van der Waals surface area contributed by atoms with E-state index < -0.39 is 5.91 Å². The molecule has 3 aromatic carbocycles. The van der Waals surface area contributed by atoms with E-state index in [9.17, 15) is 10.1 Å². The minimum Gasteiger partial charge on any atom is -0.490 e. The maximum atomic E-state index is 12.5. The van der Waals surface area contributed by atoms with Crippen molar-refractivity contribution in [3.05, 3.63) is 94.0 Å². The quantitative estimate of drug-likeness (QED) is 0.331. The minimum atomic E-state index is -0.476. The first kappa shape index (κ1) is 22.9. The zero-order valence-electron chi connectivity index (χ0n) is 17.9. The highest BCUT2D eigenvalue weighted by Gasteiger charge is 2.12. The van der Waals surface area contributed by atoms with Gasteiger partial charge in [-0.25, -0.2) is 0 Å². The zero-order chi connectivity index (χ0) is 22.9. The summed E-state index contributed by atoms with van der Waals surface area (Å²) in [6.07, 6.45) is 1.52. The molecule has 0 radical (unpaired) electrons. The molecule has 0 saturated heterocycles. The number of nitrogens with zero attached hydrogens (tertiary/aromatic N) is 1. The van der Waals surface area contributed by atoms with Gasteiger partial charge in [-0.05, 0) is 67.4 Å². The third-order valence-electron chi connectivity index (χ3n) is 4.54. The van der Waals surface area contributed by atoms with E-state index in [4.69, 9.17) is 21.1 Å². The summed E-state index contributed by atoms with van der Waals surface area (Å²) in [7, 11) is 0. The van der Waals surface area contributed by atoms with Crippen molar-refractivity contribution in [1.82, 2.24) is 0 Å². The fourth-order valence-electron chi connectivity index (χ4n) is 2.94. The van der Waals surface area contributed by atoms with Crippen molar-refractivity contribution in [2.45, 2.75) is 20.5 Å². The molecule has 5 nitrogen and oxygen atoms in total. The Bertz CT molecular complexity index is 1160. The second-order valence-electron chi connectivity index (χ2n) is 7.05. The molecule has 3 rings (SSSR count). The standard InChI is InChI=1S/C26H23ClN2O3/c1-3-31-25-15-19(9-12-24(25)32-17-20-5-4-6-22(27)14-20)13-21(16-28)26(30)29-23-10-7-18(2)8-11-23/h4-15H,3,17H2,1-2H3,(H,29,30)/b21-13+. The number of nitriles is 1. The largest absolute Gasteiger partial charge is 0.490 e. The van der Waals surface area contributed by atoms with Crippen LogP contribution in [0.5, 0.6) is 11.5 Å². The van der Waals surface area contributed by atoms with Gasteiger partial charge in [-0.15, -0.1) is 0 Å². The Morgan fingerprint density at radius 3 is 2.53 bits per heavy atom. The van der Waals surface area contributed by atoms with Crippen LogP contribution < -0.4 is 14.8 Å². The number of ether oxygens (including phenoxy) is 2. The highest BCUT2D eigenvalue weighted by Crippen LogP contribution is 2.30. The summed E-state index contributed by atoms with van der Waals surface area (Å²) in [5, 5.41) is 12.9. The van der Waals surface area contributed by atoms with Crippen LogP contribution in [0.15, 0.2) is 72.3 Å². The van der Waals surface area contributed by atoms with E-state index in [1.165, 1.54) is 6.08 Å². The van der Waals surface area contributed by atoms with Crippen molar-refractivity contribution < 1.29 is 14.3 Å². The molecule has 0 fully saturated rings. The lowest BCUT2D eigenvalue weighted by Gasteiger charge is -2.13. The third kappa shape index (κ3) is 6.37. The monoisotopic (exact) mass is 446 g/mol. The first-order valence-corrected chi connectivity index (χ1v) is 10.5. The summed E-state index contributed by atoms with van der Waals surface area (Å²) in [6, 6.07) is 22.0. The first-order valence-electron chi connectivity index (χ1n) is 10.1. The number of hydrogen-bond donors (Lipinski definition) is 1. The first-order chi connectivity index (χ1) is 15.5. The Labute approximate surface area is 192 Å². The van der Waals surface area contributed by atoms with E-state index in [1.54, 1.807) is 36.4 Å². The molecule has 0 heterocycles. The Morgan fingerprint density at radius 2 is 1.84 bits per heavy atom. The van der Waals surface area contributed by atoms with Crippen LogP contribution in [0.2, 0.25) is 5.02 Å². The van der Waals surface area contributed by atoms with Crippen molar-refractivity contribution in [2.75, 3.05) is 11.9 Å². The van der Waals surface area contributed by atoms with Crippen LogP contribution >= 0.6 is 11.6 Å². The maximum absolute atomic E-state index is 12.5. The summed E-state index contributed by atoms with van der Waals surface area (Å²) in [5.74, 6) is 0.613. The van der Waals surface area contributed by atoms with Crippen molar-refractivity contribution in [2.24, 2.45) is 0 Å². The lowest BCUT2D eigenvalue weighted by Crippen LogP contribution is -2.13. The number of nitrogens with one attached hydrogen (secondary N) is 1. The summed E-state index contributed by atoms with van der Waals surface area (Å²) >= 11 is 6.03. The smallest absolute Gasteiger partial charge is 0.266 e. The fourth-order valence-corrected chi connectivity index (χ4v) is 3.15. The summed E-state index contributed by atoms with van der Waals surface area (Å²) in [6.45, 7) is 4.61. The summed E-state index contributed by atoms with van der Waals surface area (Å²) in [4.78, 5) is 12.5. The molecule has 0 spiro atoms. The van der Waals surface area contributed by atoms with Crippen LogP contribution in [0, 0.1) is 18.3 Å². The third-order valence-corrected chi connectivity index (χ3v) is 4.77. The van der Waals surface area contributed by atoms with Crippen molar-refractivity contribution in [3.8, 4) is 17.6 Å². The van der Waals surface area contributed by atoms with Crippen molar-refractivity contribution in [1.29, 1.82) is 5.26 Å². The predicted octanol–water partition coefficient (Wildman–Crippen LogP) is 6.17. The molecular formula is C26H23ClN2O3. The highest BCUT2D eigenvalue weighted by atomic mass is 35.5. The van der Waals surface area contributed by atoms with Gasteiger partial charge in [-0.1, -0.05) is 47.5 Å². The molecule has 32 heavy (non-hydrogen) atoms. The number of hydrogen-bond acceptors (Lipinski definition) is 4. The Hall–Kier alpha value is -3.75. The van der Waals surface area contributed by atoms with Gasteiger partial charge in [0.05, 0.1) is 6.61 Å². The Kier molecular flexibility index (Phi) is 7.91. The number of benzene rings is 3. The Morgan fingerprint density at radius 1 is 1.06 bits per heavy atom. The topological polar surface area (TPSA) is 71.3 Å². The number of anilines is 1. The molecule has 0 bridgehead atoms. The molecule has 0 aliphatic heterocycles. The second-order valence-corrected chi connectivity index (χ2v) is 7.48. The van der Waals surface area contributed by atoms with Crippen LogP contribution in [-0.4, -0.2) is 12.5 Å². The number of halogens is 1. The lowest BCUT2D eigenvalue weighted by atomic mass is 10.1. The molecule has 3 aromatic rings. The van der Waals surface area contributed by atoms with Crippen molar-refractivity contribution in [3.63, 3.8) is 0 Å². The van der Waals surface area contributed by atoms with Crippen molar-refractivity contribution >= 4 is 29.3 Å². The van der Waals surface area contributed by atoms with Crippen LogP contribution in [0.25, 0.3) is 6.08 Å². The molecule has 0 unspecified atom stereocenters. The molecule has 0 atom stereocenters. The van der Waals surface area contributed by atoms with Crippen LogP contribution in [0.1, 0.15) is 23.6 Å². The lowest BCUT2D eigenvalue weighted by molar-refractivity contribution is -0.112. The normalized spacial score (nSPS) is 10.9. The highest BCUT2D eigenvalue weighted by molar-refractivity contribution is 6.30. The molecule has 0 aliphatic rings. The summed E-state index contributed by atoms with van der Waals surface area (Å²) in [5.41, 5.74) is 3.28. The number of aryl methyl sites for hydroxylation is 1. The molecule has 0 aliphatic carbocycles. The van der Waals surface area contributed by atoms with Gasteiger partial charge >= 0.3 is 0 Å². The number of amides is 1. The van der Waals surface area contributed by atoms with Gasteiger partial charge in [-0.3, -0.25) is 4.79 Å². The average molecular weight is 447 g/mol. The molecule has 162 valence electrons. The molecule has 6 heteroatoms. The van der Waals surface area contributed by atoms with E-state index in [-0.39, 0.29) is 5.57 Å². The molecular weight excluding hydrogens is 424 g/mol. The molecule has 0 aromatic heterocycles. The van der Waals surface area contributed by atoms with Crippen LogP contribution in [0.4, 0.5) is 5.69 Å². The van der Waals surface area contributed by atoms with E-state index in [0.717, 1.165) is 11.1 Å². The van der Waals surface area contributed by atoms with Gasteiger partial charge in [-0.2, -0.15) is 5.26 Å². The molecule has 1 N–H and O–H groups in total. The van der Waals surface area contributed by atoms with Gasteiger partial charge in [0.2, 0.25) is 0 Å². The fraction of sp³-hybridized carbons (Fsp3) is 0.154. The van der Waals surface area contributed by atoms with E-state index >= 15 is 0 Å². The van der Waals surface area contributed by atoms with E-state index in [1.807, 2.05) is 50.2 Å². The van der Waals surface area contributed by atoms with E-state index in [0.29, 0.717) is 41.0 Å². The second kappa shape index (κ2) is 11.0. The molecule has 0 saturated carbocycles. The number of carbonyl (C=O) groups is 1. The van der Waals surface area contributed by atoms with Gasteiger partial charge < -0.3 is 14.8 Å². The van der Waals surface area contributed by atoms with Crippen LogP contribution in [0.3, 0.4) is 0 Å². The number of carbonyl (C=O) groups excluding carboxylic acids is 1. The summed E-state index contributed by atoms with van der Waals surface area (Å²) < 4.78 is 11.6. The van der Waals surface area contributed by atoms with Gasteiger partial charge in [0.1, 0.15) is 18.2 Å². The SMILES string of the molecule is CCOc1cc(/C=C(\C#N)C(=O)Nc2ccc(C)cc2)ccc1OCc1cccc(Cl)c1. The van der Waals surface area contributed by atoms with Gasteiger partial charge in [0.15, 0.2) is 11.5 Å². The zero-order valence-corrected chi connectivity index (χ0v) is 18.6. The van der Waals surface area contributed by atoms with E-state index in [2.05, 4.69) is 5.32 Å². The van der Waals surface area contributed by atoms with Gasteiger partial charge in [0.25, 0.3) is 5.91 Å². The van der Waals surface area contributed by atoms with Crippen LogP contribution in [-0.2, 0) is 11.4 Å². The Balaban J connectivity index is 1.77. The maximum Gasteiger partial charge on any atom is 0.266 e. The average Bonchev–Trinajstić information content (AvgIpc) is 2.78. The molecule has 1 amide bonds. The predicted molar refractivity (Wildman–Crippen MR) is 127 cm³/mol. The van der Waals surface area contributed by atoms with Gasteiger partial charge in [0, 0.05) is 10.7 Å². The number of rotatable bonds is 8. The minimum absolute atomic E-state index is 0.0133.